The van der Waals surface area contributed by atoms with Gasteiger partial charge in [0.15, 0.2) is 0 Å². The van der Waals surface area contributed by atoms with Gasteiger partial charge in [0.05, 0.1) is 0 Å². The summed E-state index contributed by atoms with van der Waals surface area (Å²) < 4.78 is 0. The Morgan fingerprint density at radius 3 is 2.38 bits per heavy atom. The maximum atomic E-state index is 2.42. The standard InChI is InChI=1S/C12H25N/c1-5-6-7-8-10-13(4)11-9-12(2)3/h6-7,12H,5,8-11H2,1-4H3. The third-order valence-corrected chi connectivity index (χ3v) is 2.17. The molecule has 0 aromatic rings. The van der Waals surface area contributed by atoms with Crippen LogP contribution >= 0.6 is 0 Å². The van der Waals surface area contributed by atoms with Crippen molar-refractivity contribution in [2.24, 2.45) is 5.92 Å². The second-order valence-electron chi connectivity index (χ2n) is 4.15. The maximum absolute atomic E-state index is 2.42. The average Bonchev–Trinajstić information content (AvgIpc) is 2.09. The molecule has 0 aliphatic carbocycles. The molecule has 0 radical (unpaired) electrons. The van der Waals surface area contributed by atoms with Crippen LogP contribution in [0.25, 0.3) is 0 Å². The van der Waals surface area contributed by atoms with E-state index in [1.165, 1.54) is 25.9 Å². The van der Waals surface area contributed by atoms with Crippen LogP contribution in [-0.2, 0) is 0 Å². The van der Waals surface area contributed by atoms with Crippen molar-refractivity contribution in [2.45, 2.75) is 40.0 Å². The minimum atomic E-state index is 0.827. The zero-order valence-corrected chi connectivity index (χ0v) is 9.71. The number of allylic oxidation sites excluding steroid dienone is 1. The van der Waals surface area contributed by atoms with E-state index in [0.29, 0.717) is 0 Å². The fourth-order valence-corrected chi connectivity index (χ4v) is 1.17. The van der Waals surface area contributed by atoms with Crippen molar-refractivity contribution in [3.63, 3.8) is 0 Å². The van der Waals surface area contributed by atoms with Gasteiger partial charge in [0.25, 0.3) is 0 Å². The molecule has 0 bridgehead atoms. The van der Waals surface area contributed by atoms with Gasteiger partial charge in [0, 0.05) is 6.54 Å². The lowest BCUT2D eigenvalue weighted by molar-refractivity contribution is 0.316. The van der Waals surface area contributed by atoms with Crippen LogP contribution in [0.2, 0.25) is 0 Å². The molecule has 0 atom stereocenters. The van der Waals surface area contributed by atoms with E-state index in [-0.39, 0.29) is 0 Å². The summed E-state index contributed by atoms with van der Waals surface area (Å²) in [5.74, 6) is 0.827. The van der Waals surface area contributed by atoms with Crippen LogP contribution < -0.4 is 0 Å². The molecule has 1 heteroatoms. The van der Waals surface area contributed by atoms with Crippen LogP contribution in [0.4, 0.5) is 0 Å². The topological polar surface area (TPSA) is 3.24 Å². The second-order valence-corrected chi connectivity index (χ2v) is 4.15. The Balaban J connectivity index is 3.29. The molecule has 0 aliphatic rings. The van der Waals surface area contributed by atoms with E-state index in [1.54, 1.807) is 0 Å². The third-order valence-electron chi connectivity index (χ3n) is 2.17. The quantitative estimate of drug-likeness (QED) is 0.547. The van der Waals surface area contributed by atoms with Crippen molar-refractivity contribution in [3.05, 3.63) is 12.2 Å². The third kappa shape index (κ3) is 9.62. The smallest absolute Gasteiger partial charge is 0.00129 e. The molecule has 0 aliphatic heterocycles. The molecule has 0 heterocycles. The second kappa shape index (κ2) is 8.31. The molecule has 0 rings (SSSR count). The van der Waals surface area contributed by atoms with Crippen LogP contribution in [0.15, 0.2) is 12.2 Å². The molecule has 0 aromatic heterocycles. The Morgan fingerprint density at radius 2 is 1.85 bits per heavy atom. The van der Waals surface area contributed by atoms with Gasteiger partial charge >= 0.3 is 0 Å². The van der Waals surface area contributed by atoms with E-state index in [0.717, 1.165) is 12.3 Å². The molecule has 0 saturated carbocycles. The normalized spacial score (nSPS) is 12.2. The Morgan fingerprint density at radius 1 is 1.15 bits per heavy atom. The van der Waals surface area contributed by atoms with Crippen LogP contribution in [0, 0.1) is 5.92 Å². The molecule has 0 aromatic carbocycles. The van der Waals surface area contributed by atoms with Crippen LogP contribution in [0.5, 0.6) is 0 Å². The van der Waals surface area contributed by atoms with E-state index in [1.807, 2.05) is 0 Å². The van der Waals surface area contributed by atoms with Crippen LogP contribution in [-0.4, -0.2) is 25.0 Å². The Kier molecular flexibility index (Phi) is 8.11. The van der Waals surface area contributed by atoms with Gasteiger partial charge in [-0.25, -0.2) is 0 Å². The Hall–Kier alpha value is -0.300. The summed E-state index contributed by atoms with van der Waals surface area (Å²) >= 11 is 0. The summed E-state index contributed by atoms with van der Waals surface area (Å²) in [6, 6.07) is 0. The predicted octanol–water partition coefficient (Wildman–Crippen LogP) is 3.32. The first-order chi connectivity index (χ1) is 6.16. The molecular formula is C12H25N. The maximum Gasteiger partial charge on any atom is 0.00129 e. The first-order valence-corrected chi connectivity index (χ1v) is 5.50. The molecule has 78 valence electrons. The van der Waals surface area contributed by atoms with Crippen molar-refractivity contribution in [2.75, 3.05) is 20.1 Å². The van der Waals surface area contributed by atoms with E-state index < -0.39 is 0 Å². The zero-order chi connectivity index (χ0) is 10.1. The van der Waals surface area contributed by atoms with Gasteiger partial charge in [-0.2, -0.15) is 0 Å². The SMILES string of the molecule is CCC=CCCN(C)CCC(C)C. The summed E-state index contributed by atoms with van der Waals surface area (Å²) in [4.78, 5) is 2.42. The zero-order valence-electron chi connectivity index (χ0n) is 9.71. The fourth-order valence-electron chi connectivity index (χ4n) is 1.17. The minimum absolute atomic E-state index is 0.827. The molecular weight excluding hydrogens is 158 g/mol. The van der Waals surface area contributed by atoms with E-state index in [2.05, 4.69) is 44.9 Å². The van der Waals surface area contributed by atoms with E-state index >= 15 is 0 Å². The van der Waals surface area contributed by atoms with Gasteiger partial charge in [-0.3, -0.25) is 0 Å². The molecule has 0 unspecified atom stereocenters. The molecule has 0 amide bonds. The molecule has 0 saturated heterocycles. The molecule has 0 fully saturated rings. The fraction of sp³-hybridized carbons (Fsp3) is 0.833. The monoisotopic (exact) mass is 183 g/mol. The highest BCUT2D eigenvalue weighted by atomic mass is 15.1. The highest BCUT2D eigenvalue weighted by Crippen LogP contribution is 2.01. The first-order valence-electron chi connectivity index (χ1n) is 5.50. The van der Waals surface area contributed by atoms with Crippen molar-refractivity contribution >= 4 is 0 Å². The lowest BCUT2D eigenvalue weighted by atomic mass is 10.1. The predicted molar refractivity (Wildman–Crippen MR) is 61.0 cm³/mol. The van der Waals surface area contributed by atoms with Crippen molar-refractivity contribution in [1.82, 2.24) is 4.90 Å². The summed E-state index contributed by atoms with van der Waals surface area (Å²) in [6.07, 6.45) is 8.20. The highest BCUT2D eigenvalue weighted by molar-refractivity contribution is 4.80. The molecule has 13 heavy (non-hydrogen) atoms. The summed E-state index contributed by atoms with van der Waals surface area (Å²) in [7, 11) is 2.21. The lowest BCUT2D eigenvalue weighted by Gasteiger charge is -2.16. The van der Waals surface area contributed by atoms with Gasteiger partial charge < -0.3 is 4.90 Å². The van der Waals surface area contributed by atoms with E-state index in [4.69, 9.17) is 0 Å². The van der Waals surface area contributed by atoms with Crippen molar-refractivity contribution in [1.29, 1.82) is 0 Å². The molecule has 0 N–H and O–H groups in total. The number of rotatable bonds is 7. The van der Waals surface area contributed by atoms with Crippen LogP contribution in [0.1, 0.15) is 40.0 Å². The number of nitrogens with zero attached hydrogens (tertiary/aromatic N) is 1. The highest BCUT2D eigenvalue weighted by Gasteiger charge is 1.98. The van der Waals surface area contributed by atoms with Gasteiger partial charge in [-0.1, -0.05) is 32.9 Å². The van der Waals surface area contributed by atoms with Crippen molar-refractivity contribution < 1.29 is 0 Å². The van der Waals surface area contributed by atoms with Gasteiger partial charge in [-0.15, -0.1) is 0 Å². The first kappa shape index (κ1) is 12.7. The lowest BCUT2D eigenvalue weighted by Crippen LogP contribution is -2.21. The summed E-state index contributed by atoms with van der Waals surface area (Å²) in [6.45, 7) is 9.18. The minimum Gasteiger partial charge on any atom is -0.306 e. The Bertz CT molecular complexity index is 127. The number of hydrogen-bond donors (Lipinski definition) is 0. The van der Waals surface area contributed by atoms with Crippen molar-refractivity contribution in [3.8, 4) is 0 Å². The van der Waals surface area contributed by atoms with Gasteiger partial charge in [0.1, 0.15) is 0 Å². The number of hydrogen-bond acceptors (Lipinski definition) is 1. The van der Waals surface area contributed by atoms with Crippen LogP contribution in [0.3, 0.4) is 0 Å². The summed E-state index contributed by atoms with van der Waals surface area (Å²) in [5, 5.41) is 0. The molecule has 1 nitrogen and oxygen atoms in total. The summed E-state index contributed by atoms with van der Waals surface area (Å²) in [5.41, 5.74) is 0. The van der Waals surface area contributed by atoms with E-state index in [9.17, 15) is 0 Å². The molecule has 0 spiro atoms. The largest absolute Gasteiger partial charge is 0.306 e. The van der Waals surface area contributed by atoms with Gasteiger partial charge in [-0.05, 0) is 38.8 Å². The van der Waals surface area contributed by atoms with Gasteiger partial charge in [0.2, 0.25) is 0 Å². The Labute approximate surface area is 83.8 Å². The average molecular weight is 183 g/mol.